The molecule has 0 aromatic heterocycles. The minimum absolute atomic E-state index is 0.0109. The monoisotopic (exact) mass is 499 g/mol. The van der Waals surface area contributed by atoms with Crippen molar-refractivity contribution in [2.45, 2.75) is 48.1 Å². The molecule has 1 saturated carbocycles. The number of amides is 1. The predicted octanol–water partition coefficient (Wildman–Crippen LogP) is 5.86. The number of halogens is 6. The van der Waals surface area contributed by atoms with E-state index >= 15 is 0 Å². The maximum absolute atomic E-state index is 13.3. The Kier molecular flexibility index (Phi) is 6.33. The van der Waals surface area contributed by atoms with Gasteiger partial charge in [0.25, 0.3) is 5.41 Å². The van der Waals surface area contributed by atoms with Crippen molar-refractivity contribution in [1.82, 2.24) is 5.32 Å². The highest BCUT2D eigenvalue weighted by Crippen LogP contribution is 2.51. The molecule has 1 unspecified atom stereocenters. The Bertz CT molecular complexity index is 1110. The van der Waals surface area contributed by atoms with Gasteiger partial charge in [0, 0.05) is 22.9 Å². The third-order valence-corrected chi connectivity index (χ3v) is 7.20. The Morgan fingerprint density at radius 1 is 1.06 bits per heavy atom. The third kappa shape index (κ3) is 4.49. The standard InChI is InChI=1S/C23H19F6N3OS/c24-22(25,26)21(12-30,23(27,28)29)15-3-5-16(6-4-15)32-20(33)19-18-8-7-17(9-14(18)10-31-19)34-11-13-1-2-13/h3-9,13,19,31H,1-2,10-11H2,(H,32,33). The predicted molar refractivity (Wildman–Crippen MR) is 114 cm³/mol. The zero-order valence-corrected chi connectivity index (χ0v) is 18.4. The van der Waals surface area contributed by atoms with E-state index in [1.807, 2.05) is 18.2 Å². The van der Waals surface area contributed by atoms with Gasteiger partial charge in [-0.25, -0.2) is 0 Å². The summed E-state index contributed by atoms with van der Waals surface area (Å²) in [6.07, 6.45) is -9.24. The van der Waals surface area contributed by atoms with Crippen LogP contribution in [0, 0.1) is 17.2 Å². The molecule has 0 radical (unpaired) electrons. The average Bonchev–Trinajstić information content (AvgIpc) is 3.49. The van der Waals surface area contributed by atoms with Crippen molar-refractivity contribution in [2.75, 3.05) is 11.1 Å². The summed E-state index contributed by atoms with van der Waals surface area (Å²) in [5.41, 5.74) is -4.19. The first-order chi connectivity index (χ1) is 16.0. The molecule has 0 bridgehead atoms. The summed E-state index contributed by atoms with van der Waals surface area (Å²) in [7, 11) is 0. The van der Waals surface area contributed by atoms with E-state index < -0.39 is 35.3 Å². The molecule has 2 aromatic carbocycles. The highest BCUT2D eigenvalue weighted by molar-refractivity contribution is 7.99. The fourth-order valence-electron chi connectivity index (χ4n) is 3.86. The van der Waals surface area contributed by atoms with Gasteiger partial charge in [0.15, 0.2) is 0 Å². The number of thioether (sulfide) groups is 1. The lowest BCUT2D eigenvalue weighted by molar-refractivity contribution is -0.283. The lowest BCUT2D eigenvalue weighted by atomic mass is 9.80. The van der Waals surface area contributed by atoms with Gasteiger partial charge in [-0.1, -0.05) is 18.2 Å². The van der Waals surface area contributed by atoms with Crippen molar-refractivity contribution in [3.63, 3.8) is 0 Å². The number of alkyl halides is 6. The molecule has 180 valence electrons. The summed E-state index contributed by atoms with van der Waals surface area (Å²) in [6.45, 7) is 0.464. The van der Waals surface area contributed by atoms with Crippen LogP contribution in [0.25, 0.3) is 0 Å². The summed E-state index contributed by atoms with van der Waals surface area (Å²) >= 11 is 1.77. The molecule has 1 heterocycles. The molecule has 1 aliphatic heterocycles. The molecule has 4 nitrogen and oxygen atoms in total. The molecule has 4 rings (SSSR count). The zero-order valence-electron chi connectivity index (χ0n) is 17.6. The normalized spacial score (nSPS) is 18.3. The van der Waals surface area contributed by atoms with Crippen molar-refractivity contribution >= 4 is 23.4 Å². The summed E-state index contributed by atoms with van der Waals surface area (Å²) < 4.78 is 79.9. The summed E-state index contributed by atoms with van der Waals surface area (Å²) in [4.78, 5) is 13.9. The Hall–Kier alpha value is -2.71. The smallest absolute Gasteiger partial charge is 0.324 e. The van der Waals surface area contributed by atoms with Gasteiger partial charge in [-0.15, -0.1) is 11.8 Å². The van der Waals surface area contributed by atoms with Gasteiger partial charge in [-0.3, -0.25) is 10.1 Å². The molecule has 11 heteroatoms. The number of benzene rings is 2. The van der Waals surface area contributed by atoms with E-state index in [1.54, 1.807) is 11.8 Å². The molecule has 2 aliphatic rings. The van der Waals surface area contributed by atoms with Crippen molar-refractivity contribution in [3.8, 4) is 6.07 Å². The lowest BCUT2D eigenvalue weighted by Crippen LogP contribution is -2.52. The number of anilines is 1. The number of nitrogens with one attached hydrogen (secondary N) is 2. The molecule has 0 spiro atoms. The second-order valence-electron chi connectivity index (χ2n) is 8.35. The number of nitrogens with zero attached hydrogens (tertiary/aromatic N) is 1. The second kappa shape index (κ2) is 8.82. The SMILES string of the molecule is N#CC(c1ccc(NC(=O)C2NCc3cc(SCC4CC4)ccc32)cc1)(C(F)(F)F)C(F)(F)F. The first-order valence-electron chi connectivity index (χ1n) is 10.4. The van der Waals surface area contributed by atoms with Crippen LogP contribution < -0.4 is 10.6 Å². The molecule has 1 amide bonds. The molecule has 2 N–H and O–H groups in total. The maximum atomic E-state index is 13.3. The highest BCUT2D eigenvalue weighted by Gasteiger charge is 2.72. The number of fused-ring (bicyclic) bond motifs is 1. The Morgan fingerprint density at radius 3 is 2.26 bits per heavy atom. The van der Waals surface area contributed by atoms with Crippen LogP contribution in [-0.2, 0) is 16.8 Å². The molecule has 0 saturated heterocycles. The van der Waals surface area contributed by atoms with Crippen molar-refractivity contribution in [1.29, 1.82) is 5.26 Å². The van der Waals surface area contributed by atoms with Gasteiger partial charge < -0.3 is 5.32 Å². The fourth-order valence-corrected chi connectivity index (χ4v) is 5.01. The molecule has 34 heavy (non-hydrogen) atoms. The Balaban J connectivity index is 1.48. The van der Waals surface area contributed by atoms with Crippen LogP contribution in [-0.4, -0.2) is 24.0 Å². The largest absolute Gasteiger partial charge is 0.420 e. The Morgan fingerprint density at radius 2 is 1.71 bits per heavy atom. The fraction of sp³-hybridized carbons (Fsp3) is 0.391. The van der Waals surface area contributed by atoms with Crippen LogP contribution in [0.4, 0.5) is 32.0 Å². The number of hydrogen-bond acceptors (Lipinski definition) is 4. The van der Waals surface area contributed by atoms with Crippen molar-refractivity contribution in [2.24, 2.45) is 5.92 Å². The number of rotatable bonds is 6. The number of carbonyl (C=O) groups excluding carboxylic acids is 1. The van der Waals surface area contributed by atoms with Crippen LogP contribution in [0.3, 0.4) is 0 Å². The number of hydrogen-bond donors (Lipinski definition) is 2. The van der Waals surface area contributed by atoms with Crippen LogP contribution >= 0.6 is 11.8 Å². The van der Waals surface area contributed by atoms with Crippen LogP contribution in [0.15, 0.2) is 47.4 Å². The number of nitriles is 1. The zero-order chi connectivity index (χ0) is 24.7. The van der Waals surface area contributed by atoms with Crippen LogP contribution in [0.1, 0.15) is 35.6 Å². The summed E-state index contributed by atoms with van der Waals surface area (Å²) in [5.74, 6) is 1.33. The molecule has 2 aromatic rings. The maximum Gasteiger partial charge on any atom is 0.420 e. The van der Waals surface area contributed by atoms with Crippen molar-refractivity contribution < 1.29 is 31.1 Å². The third-order valence-electron chi connectivity index (χ3n) is 5.97. The van der Waals surface area contributed by atoms with Gasteiger partial charge in [0.05, 0.1) is 6.07 Å². The van der Waals surface area contributed by atoms with Gasteiger partial charge in [0.2, 0.25) is 5.91 Å². The first-order valence-corrected chi connectivity index (χ1v) is 11.4. The molecular formula is C23H19F6N3OS. The van der Waals surface area contributed by atoms with E-state index in [2.05, 4.69) is 10.6 Å². The van der Waals surface area contributed by atoms with E-state index in [0.717, 1.165) is 39.8 Å². The topological polar surface area (TPSA) is 64.9 Å². The average molecular weight is 499 g/mol. The highest BCUT2D eigenvalue weighted by atomic mass is 32.2. The van der Waals surface area contributed by atoms with Gasteiger partial charge in [0.1, 0.15) is 6.04 Å². The van der Waals surface area contributed by atoms with E-state index in [4.69, 9.17) is 5.26 Å². The van der Waals surface area contributed by atoms with E-state index in [-0.39, 0.29) is 5.69 Å². The van der Waals surface area contributed by atoms with E-state index in [0.29, 0.717) is 24.7 Å². The molecule has 1 aliphatic carbocycles. The molecule has 1 atom stereocenters. The van der Waals surface area contributed by atoms with E-state index in [9.17, 15) is 31.1 Å². The van der Waals surface area contributed by atoms with Crippen molar-refractivity contribution in [3.05, 3.63) is 59.2 Å². The van der Waals surface area contributed by atoms with Crippen LogP contribution in [0.5, 0.6) is 0 Å². The molecule has 1 fully saturated rings. The summed E-state index contributed by atoms with van der Waals surface area (Å²) in [5, 5.41) is 14.4. The van der Waals surface area contributed by atoms with Gasteiger partial charge in [-0.2, -0.15) is 31.6 Å². The first kappa shape index (κ1) is 24.4. The minimum atomic E-state index is -5.88. The minimum Gasteiger partial charge on any atom is -0.324 e. The number of carbonyl (C=O) groups is 1. The quantitative estimate of drug-likeness (QED) is 0.386. The van der Waals surface area contributed by atoms with Crippen LogP contribution in [0.2, 0.25) is 0 Å². The summed E-state index contributed by atoms with van der Waals surface area (Å²) in [6, 6.07) is 8.45. The van der Waals surface area contributed by atoms with E-state index in [1.165, 1.54) is 12.8 Å². The molecular weight excluding hydrogens is 480 g/mol. The van der Waals surface area contributed by atoms with Gasteiger partial charge in [-0.05, 0) is 59.7 Å². The van der Waals surface area contributed by atoms with Gasteiger partial charge >= 0.3 is 12.4 Å². The Labute approximate surface area is 195 Å². The lowest BCUT2D eigenvalue weighted by Gasteiger charge is -2.31. The second-order valence-corrected chi connectivity index (χ2v) is 9.45.